The quantitative estimate of drug-likeness (QED) is 0.336. The van der Waals surface area contributed by atoms with Crippen molar-refractivity contribution in [1.29, 1.82) is 0 Å². The molecule has 0 heterocycles. The smallest absolute Gasteiger partial charge is 0.323 e. The van der Waals surface area contributed by atoms with Gasteiger partial charge in [0.2, 0.25) is 10.0 Å². The molecule has 0 aliphatic heterocycles. The number of nitrogens with zero attached hydrogens (tertiary/aromatic N) is 1. The van der Waals surface area contributed by atoms with Crippen molar-refractivity contribution in [3.8, 4) is 0 Å². The standard InChI is InChI=1S/C12H17N3O6S/c1-2-7-13-8-11(12(16)17)14-22(20,21)10-5-3-9(4-6-10)15(18)19/h3-6,11,13-14H,2,7-8H2,1H3,(H,16,17)/t11-/m0/s1. The Bertz CT molecular complexity index is 629. The van der Waals surface area contributed by atoms with E-state index in [2.05, 4.69) is 10.0 Å². The molecule has 0 fully saturated rings. The van der Waals surface area contributed by atoms with Gasteiger partial charge in [-0.1, -0.05) is 6.92 Å². The minimum Gasteiger partial charge on any atom is -0.480 e. The lowest BCUT2D eigenvalue weighted by Crippen LogP contribution is -2.47. The summed E-state index contributed by atoms with van der Waals surface area (Å²) in [6.45, 7) is 2.39. The third kappa shape index (κ3) is 5.06. The van der Waals surface area contributed by atoms with Gasteiger partial charge in [-0.15, -0.1) is 0 Å². The molecule has 122 valence electrons. The van der Waals surface area contributed by atoms with Crippen molar-refractivity contribution in [3.63, 3.8) is 0 Å². The molecular weight excluding hydrogens is 314 g/mol. The summed E-state index contributed by atoms with van der Waals surface area (Å²) in [6.07, 6.45) is 0.779. The number of non-ortho nitro benzene ring substituents is 1. The first-order chi connectivity index (χ1) is 10.3. The second-order valence-electron chi connectivity index (χ2n) is 4.47. The molecule has 0 spiro atoms. The summed E-state index contributed by atoms with van der Waals surface area (Å²) in [5.41, 5.74) is -0.252. The average Bonchev–Trinajstić information content (AvgIpc) is 2.46. The van der Waals surface area contributed by atoms with Crippen molar-refractivity contribution in [1.82, 2.24) is 10.0 Å². The van der Waals surface area contributed by atoms with Crippen LogP contribution < -0.4 is 10.0 Å². The first kappa shape index (κ1) is 18.0. The second-order valence-corrected chi connectivity index (χ2v) is 6.18. The molecule has 0 saturated carbocycles. The number of hydrogen-bond donors (Lipinski definition) is 3. The van der Waals surface area contributed by atoms with Crippen LogP contribution in [0.2, 0.25) is 0 Å². The van der Waals surface area contributed by atoms with E-state index in [0.29, 0.717) is 6.54 Å². The first-order valence-electron chi connectivity index (χ1n) is 6.48. The van der Waals surface area contributed by atoms with Crippen molar-refractivity contribution in [2.45, 2.75) is 24.3 Å². The Morgan fingerprint density at radius 1 is 1.36 bits per heavy atom. The van der Waals surface area contributed by atoms with Crippen molar-refractivity contribution >= 4 is 21.7 Å². The molecule has 1 atom stereocenters. The minimum atomic E-state index is -4.08. The van der Waals surface area contributed by atoms with Gasteiger partial charge in [-0.25, -0.2) is 8.42 Å². The molecule has 0 aliphatic carbocycles. The van der Waals surface area contributed by atoms with Crippen LogP contribution in [-0.2, 0) is 14.8 Å². The van der Waals surface area contributed by atoms with E-state index in [1.54, 1.807) is 0 Å². The van der Waals surface area contributed by atoms with E-state index in [-0.39, 0.29) is 17.1 Å². The van der Waals surface area contributed by atoms with Crippen molar-refractivity contribution in [2.24, 2.45) is 0 Å². The van der Waals surface area contributed by atoms with E-state index in [4.69, 9.17) is 5.11 Å². The molecule has 10 heteroatoms. The zero-order valence-electron chi connectivity index (χ0n) is 11.9. The Morgan fingerprint density at radius 2 is 1.95 bits per heavy atom. The fourth-order valence-corrected chi connectivity index (χ4v) is 2.79. The molecule has 3 N–H and O–H groups in total. The predicted octanol–water partition coefficient (Wildman–Crippen LogP) is 0.326. The van der Waals surface area contributed by atoms with Crippen LogP contribution in [-0.4, -0.2) is 43.5 Å². The van der Waals surface area contributed by atoms with Crippen molar-refractivity contribution in [2.75, 3.05) is 13.1 Å². The number of sulfonamides is 1. The van der Waals surface area contributed by atoms with E-state index in [9.17, 15) is 23.3 Å². The minimum absolute atomic E-state index is 0.0601. The highest BCUT2D eigenvalue weighted by molar-refractivity contribution is 7.89. The van der Waals surface area contributed by atoms with Gasteiger partial charge in [-0.2, -0.15) is 4.72 Å². The van der Waals surface area contributed by atoms with E-state index < -0.39 is 27.0 Å². The van der Waals surface area contributed by atoms with E-state index in [0.717, 1.165) is 30.7 Å². The molecule has 0 saturated heterocycles. The molecule has 0 bridgehead atoms. The van der Waals surface area contributed by atoms with Gasteiger partial charge in [-0.05, 0) is 25.1 Å². The molecule has 0 radical (unpaired) electrons. The van der Waals surface area contributed by atoms with Crippen molar-refractivity contribution in [3.05, 3.63) is 34.4 Å². The molecule has 0 aromatic heterocycles. The molecule has 1 aromatic rings. The molecule has 0 unspecified atom stereocenters. The van der Waals surface area contributed by atoms with Gasteiger partial charge in [-0.3, -0.25) is 14.9 Å². The molecule has 1 rings (SSSR count). The Labute approximate surface area is 127 Å². The Morgan fingerprint density at radius 3 is 2.41 bits per heavy atom. The Kier molecular flexibility index (Phi) is 6.40. The highest BCUT2D eigenvalue weighted by atomic mass is 32.2. The predicted molar refractivity (Wildman–Crippen MR) is 78.0 cm³/mol. The fourth-order valence-electron chi connectivity index (χ4n) is 1.60. The van der Waals surface area contributed by atoms with Crippen LogP contribution in [0.3, 0.4) is 0 Å². The maximum atomic E-state index is 12.1. The summed E-state index contributed by atoms with van der Waals surface area (Å²) >= 11 is 0. The highest BCUT2D eigenvalue weighted by Crippen LogP contribution is 2.15. The number of hydrogen-bond acceptors (Lipinski definition) is 6. The molecule has 9 nitrogen and oxygen atoms in total. The normalized spacial score (nSPS) is 12.8. The second kappa shape index (κ2) is 7.82. The SMILES string of the molecule is CCCNC[C@H](NS(=O)(=O)c1ccc([N+](=O)[O-])cc1)C(=O)O. The van der Waals surface area contributed by atoms with Crippen LogP contribution in [0.4, 0.5) is 5.69 Å². The monoisotopic (exact) mass is 331 g/mol. The van der Waals surface area contributed by atoms with E-state index in [1.165, 1.54) is 0 Å². The lowest BCUT2D eigenvalue weighted by atomic mass is 10.3. The summed E-state index contributed by atoms with van der Waals surface area (Å²) < 4.78 is 26.2. The van der Waals surface area contributed by atoms with Crippen LogP contribution in [0.1, 0.15) is 13.3 Å². The average molecular weight is 331 g/mol. The molecule has 0 aliphatic rings. The van der Waals surface area contributed by atoms with Crippen LogP contribution in [0.5, 0.6) is 0 Å². The maximum Gasteiger partial charge on any atom is 0.323 e. The number of nitro benzene ring substituents is 1. The first-order valence-corrected chi connectivity index (χ1v) is 7.96. The zero-order valence-corrected chi connectivity index (χ0v) is 12.7. The number of carbonyl (C=O) groups is 1. The number of nitrogens with one attached hydrogen (secondary N) is 2. The van der Waals surface area contributed by atoms with Gasteiger partial charge in [0.05, 0.1) is 9.82 Å². The molecule has 0 amide bonds. The number of aliphatic carboxylic acids is 1. The van der Waals surface area contributed by atoms with Gasteiger partial charge < -0.3 is 10.4 Å². The number of nitro groups is 1. The van der Waals surface area contributed by atoms with Gasteiger partial charge in [0.25, 0.3) is 5.69 Å². The van der Waals surface area contributed by atoms with Crippen LogP contribution in [0.15, 0.2) is 29.2 Å². The molecular formula is C12H17N3O6S. The summed E-state index contributed by atoms with van der Waals surface area (Å²) in [5.74, 6) is -1.31. The topological polar surface area (TPSA) is 139 Å². The lowest BCUT2D eigenvalue weighted by molar-refractivity contribution is -0.384. The Hall–Kier alpha value is -2.04. The van der Waals surface area contributed by atoms with Gasteiger partial charge in [0.1, 0.15) is 6.04 Å². The van der Waals surface area contributed by atoms with Gasteiger partial charge in [0, 0.05) is 18.7 Å². The number of carboxylic acids is 1. The zero-order chi connectivity index (χ0) is 16.8. The summed E-state index contributed by atoms with van der Waals surface area (Å²) in [5, 5.41) is 22.4. The summed E-state index contributed by atoms with van der Waals surface area (Å²) in [4.78, 5) is 20.7. The van der Waals surface area contributed by atoms with Crippen molar-refractivity contribution < 1.29 is 23.2 Å². The number of rotatable bonds is 9. The lowest BCUT2D eigenvalue weighted by Gasteiger charge is -2.15. The molecule has 1 aromatic carbocycles. The number of carboxylic acid groups (broad SMARTS) is 1. The van der Waals surface area contributed by atoms with Crippen LogP contribution in [0, 0.1) is 10.1 Å². The number of benzene rings is 1. The molecule has 22 heavy (non-hydrogen) atoms. The third-order valence-corrected chi connectivity index (χ3v) is 4.22. The Balaban J connectivity index is 2.87. The highest BCUT2D eigenvalue weighted by Gasteiger charge is 2.25. The van der Waals surface area contributed by atoms with E-state index >= 15 is 0 Å². The largest absolute Gasteiger partial charge is 0.480 e. The summed E-state index contributed by atoms with van der Waals surface area (Å²) in [6, 6.07) is 2.86. The summed E-state index contributed by atoms with van der Waals surface area (Å²) in [7, 11) is -4.08. The van der Waals surface area contributed by atoms with Crippen LogP contribution >= 0.6 is 0 Å². The van der Waals surface area contributed by atoms with Crippen LogP contribution in [0.25, 0.3) is 0 Å². The third-order valence-electron chi connectivity index (χ3n) is 2.73. The van der Waals surface area contributed by atoms with E-state index in [1.807, 2.05) is 6.92 Å². The van der Waals surface area contributed by atoms with Gasteiger partial charge in [0.15, 0.2) is 0 Å². The van der Waals surface area contributed by atoms with Gasteiger partial charge >= 0.3 is 5.97 Å². The fraction of sp³-hybridized carbons (Fsp3) is 0.417. The maximum absolute atomic E-state index is 12.1.